The highest BCUT2D eigenvalue weighted by Gasteiger charge is 2.53. The predicted octanol–water partition coefficient (Wildman–Crippen LogP) is 4.26. The minimum Gasteiger partial charge on any atom is -0.307 e. The number of hydrogen-bond acceptors (Lipinski definition) is 4. The van der Waals surface area contributed by atoms with Crippen molar-refractivity contribution in [3.8, 4) is 0 Å². The predicted molar refractivity (Wildman–Crippen MR) is 74.7 cm³/mol. The molecule has 0 saturated carbocycles. The van der Waals surface area contributed by atoms with Crippen molar-refractivity contribution in [2.45, 2.75) is 25.8 Å². The van der Waals surface area contributed by atoms with Crippen LogP contribution in [0.4, 0.5) is 13.2 Å². The van der Waals surface area contributed by atoms with Crippen LogP contribution in [0.2, 0.25) is 0 Å². The maximum atomic E-state index is 13.1. The molecule has 1 aromatic rings. The van der Waals surface area contributed by atoms with Gasteiger partial charge < -0.3 is 9.05 Å². The van der Waals surface area contributed by atoms with Crippen LogP contribution >= 0.6 is 7.60 Å². The van der Waals surface area contributed by atoms with E-state index in [0.29, 0.717) is 5.56 Å². The fraction of sp³-hybridized carbons (Fsp3) is 0.462. The Morgan fingerprint density at radius 1 is 1.19 bits per heavy atom. The SMILES string of the molecule is CCOP(=O)(OCC)C(N=Cc1ccccc1)C(F)(F)F. The quantitative estimate of drug-likeness (QED) is 0.556. The first-order chi connectivity index (χ1) is 9.83. The maximum absolute atomic E-state index is 13.1. The van der Waals surface area contributed by atoms with E-state index < -0.39 is 19.6 Å². The molecule has 1 unspecified atom stereocenters. The zero-order chi connectivity index (χ0) is 15.9. The average Bonchev–Trinajstić information content (AvgIpc) is 2.39. The summed E-state index contributed by atoms with van der Waals surface area (Å²) in [6, 6.07) is 8.22. The third-order valence-electron chi connectivity index (χ3n) is 2.37. The highest BCUT2D eigenvalue weighted by atomic mass is 31.2. The Bertz CT molecular complexity index is 495. The topological polar surface area (TPSA) is 47.9 Å². The van der Waals surface area contributed by atoms with E-state index in [4.69, 9.17) is 9.05 Å². The summed E-state index contributed by atoms with van der Waals surface area (Å²) in [6.45, 7) is 2.56. The van der Waals surface area contributed by atoms with Gasteiger partial charge in [0.15, 0.2) is 0 Å². The van der Waals surface area contributed by atoms with Gasteiger partial charge in [0.2, 0.25) is 5.78 Å². The molecule has 0 radical (unpaired) electrons. The molecule has 21 heavy (non-hydrogen) atoms. The summed E-state index contributed by atoms with van der Waals surface area (Å²) in [7, 11) is -4.41. The van der Waals surface area contributed by atoms with Crippen molar-refractivity contribution in [3.05, 3.63) is 35.9 Å². The van der Waals surface area contributed by atoms with Crippen LogP contribution in [0.1, 0.15) is 19.4 Å². The first-order valence-corrected chi connectivity index (χ1v) is 7.98. The van der Waals surface area contributed by atoms with Gasteiger partial charge in [-0.05, 0) is 19.4 Å². The second kappa shape index (κ2) is 7.73. The van der Waals surface area contributed by atoms with E-state index >= 15 is 0 Å². The third-order valence-corrected chi connectivity index (χ3v) is 4.64. The Morgan fingerprint density at radius 2 is 1.71 bits per heavy atom. The van der Waals surface area contributed by atoms with Gasteiger partial charge in [-0.1, -0.05) is 30.3 Å². The zero-order valence-electron chi connectivity index (χ0n) is 11.7. The van der Waals surface area contributed by atoms with Crippen molar-refractivity contribution < 1.29 is 26.8 Å². The summed E-state index contributed by atoms with van der Waals surface area (Å²) < 4.78 is 61.2. The standard InChI is InChI=1S/C13H17F3NO3P/c1-3-19-21(18,20-4-2)12(13(14,15)16)17-10-11-8-6-5-7-9-11/h5-10,12H,3-4H2,1-2H3. The first kappa shape index (κ1) is 17.9. The van der Waals surface area contributed by atoms with E-state index in [1.54, 1.807) is 30.3 Å². The van der Waals surface area contributed by atoms with Crippen molar-refractivity contribution >= 4 is 13.8 Å². The van der Waals surface area contributed by atoms with Crippen molar-refractivity contribution in [2.75, 3.05) is 13.2 Å². The second-order valence-electron chi connectivity index (χ2n) is 3.98. The van der Waals surface area contributed by atoms with E-state index in [1.807, 2.05) is 0 Å². The maximum Gasteiger partial charge on any atom is 0.422 e. The molecule has 0 aromatic heterocycles. The van der Waals surface area contributed by atoms with Gasteiger partial charge in [0.25, 0.3) is 0 Å². The molecular formula is C13H17F3NO3P. The lowest BCUT2D eigenvalue weighted by atomic mass is 10.2. The molecule has 1 rings (SSSR count). The van der Waals surface area contributed by atoms with Gasteiger partial charge in [-0.2, -0.15) is 13.2 Å². The molecule has 0 heterocycles. The van der Waals surface area contributed by atoms with Crippen LogP contribution in [-0.2, 0) is 13.6 Å². The molecular weight excluding hydrogens is 306 g/mol. The van der Waals surface area contributed by atoms with Crippen LogP contribution in [0.15, 0.2) is 35.3 Å². The summed E-state index contributed by atoms with van der Waals surface area (Å²) in [4.78, 5) is 3.41. The van der Waals surface area contributed by atoms with Crippen molar-refractivity contribution in [2.24, 2.45) is 4.99 Å². The Balaban J connectivity index is 3.11. The number of alkyl halides is 3. The molecule has 1 atom stereocenters. The number of halogens is 3. The molecule has 118 valence electrons. The van der Waals surface area contributed by atoms with Gasteiger partial charge >= 0.3 is 13.8 Å². The van der Waals surface area contributed by atoms with Gasteiger partial charge in [0.05, 0.1) is 13.2 Å². The fourth-order valence-corrected chi connectivity index (χ4v) is 3.24. The fourth-order valence-electron chi connectivity index (χ4n) is 1.58. The van der Waals surface area contributed by atoms with Crippen LogP contribution < -0.4 is 0 Å². The highest BCUT2D eigenvalue weighted by Crippen LogP contribution is 2.58. The Labute approximate surface area is 121 Å². The molecule has 0 aliphatic carbocycles. The average molecular weight is 323 g/mol. The van der Waals surface area contributed by atoms with E-state index in [0.717, 1.165) is 6.21 Å². The summed E-state index contributed by atoms with van der Waals surface area (Å²) in [5.41, 5.74) is 0.464. The van der Waals surface area contributed by atoms with Crippen LogP contribution in [0.3, 0.4) is 0 Å². The second-order valence-corrected chi connectivity index (χ2v) is 6.06. The van der Waals surface area contributed by atoms with Gasteiger partial charge in [0.1, 0.15) is 0 Å². The van der Waals surface area contributed by atoms with Gasteiger partial charge in [-0.25, -0.2) is 0 Å². The van der Waals surface area contributed by atoms with Crippen molar-refractivity contribution in [1.29, 1.82) is 0 Å². The van der Waals surface area contributed by atoms with Crippen LogP contribution in [0.5, 0.6) is 0 Å². The van der Waals surface area contributed by atoms with Gasteiger partial charge in [-0.15, -0.1) is 0 Å². The first-order valence-electron chi connectivity index (χ1n) is 6.37. The number of nitrogens with zero attached hydrogens (tertiary/aromatic N) is 1. The monoisotopic (exact) mass is 323 g/mol. The molecule has 8 heteroatoms. The van der Waals surface area contributed by atoms with Crippen LogP contribution in [0.25, 0.3) is 0 Å². The Hall–Kier alpha value is -1.17. The summed E-state index contributed by atoms with van der Waals surface area (Å²) >= 11 is 0. The molecule has 0 saturated heterocycles. The van der Waals surface area contributed by atoms with E-state index in [-0.39, 0.29) is 13.2 Å². The van der Waals surface area contributed by atoms with Gasteiger partial charge in [-0.3, -0.25) is 9.56 Å². The van der Waals surface area contributed by atoms with Crippen molar-refractivity contribution in [3.63, 3.8) is 0 Å². The zero-order valence-corrected chi connectivity index (χ0v) is 12.6. The molecule has 1 aromatic carbocycles. The number of rotatable bonds is 7. The highest BCUT2D eigenvalue weighted by molar-refractivity contribution is 7.54. The van der Waals surface area contributed by atoms with E-state index in [2.05, 4.69) is 4.99 Å². The lowest BCUT2D eigenvalue weighted by molar-refractivity contribution is -0.133. The number of benzene rings is 1. The molecule has 0 spiro atoms. The number of aliphatic imine (C=N–C) groups is 1. The number of hydrogen-bond donors (Lipinski definition) is 0. The van der Waals surface area contributed by atoms with E-state index in [1.165, 1.54) is 13.8 Å². The molecule has 0 fully saturated rings. The normalized spacial score (nSPS) is 14.5. The molecule has 0 bridgehead atoms. The molecule has 0 aliphatic rings. The van der Waals surface area contributed by atoms with E-state index in [9.17, 15) is 17.7 Å². The largest absolute Gasteiger partial charge is 0.422 e. The summed E-state index contributed by atoms with van der Waals surface area (Å²) in [6.07, 6.45) is -3.81. The Morgan fingerprint density at radius 3 is 2.14 bits per heavy atom. The summed E-state index contributed by atoms with van der Waals surface area (Å²) in [5.74, 6) is -2.54. The lowest BCUT2D eigenvalue weighted by Gasteiger charge is -2.24. The lowest BCUT2D eigenvalue weighted by Crippen LogP contribution is -2.29. The third kappa shape index (κ3) is 5.26. The molecule has 0 amide bonds. The van der Waals surface area contributed by atoms with Crippen LogP contribution in [0, 0.1) is 0 Å². The Kier molecular flexibility index (Phi) is 6.58. The molecule has 0 aliphatic heterocycles. The molecule has 0 N–H and O–H groups in total. The van der Waals surface area contributed by atoms with Crippen molar-refractivity contribution in [1.82, 2.24) is 0 Å². The van der Waals surface area contributed by atoms with Crippen LogP contribution in [-0.4, -0.2) is 31.4 Å². The minimum absolute atomic E-state index is 0.162. The van der Waals surface area contributed by atoms with Gasteiger partial charge in [0, 0.05) is 6.21 Å². The summed E-state index contributed by atoms with van der Waals surface area (Å²) in [5, 5.41) is 0. The minimum atomic E-state index is -4.83. The molecule has 4 nitrogen and oxygen atoms in total. The smallest absolute Gasteiger partial charge is 0.307 e.